The molecule has 0 unspecified atom stereocenters. The molecule has 0 saturated carbocycles. The highest BCUT2D eigenvalue weighted by molar-refractivity contribution is 9.10. The van der Waals surface area contributed by atoms with Crippen molar-refractivity contribution in [1.29, 1.82) is 5.26 Å². The Labute approximate surface area is 160 Å². The van der Waals surface area contributed by atoms with E-state index in [0.29, 0.717) is 22.9 Å². The first-order chi connectivity index (χ1) is 12.5. The summed E-state index contributed by atoms with van der Waals surface area (Å²) in [4.78, 5) is 4.48. The van der Waals surface area contributed by atoms with Crippen LogP contribution in [0.4, 0.5) is 17.2 Å². The Balaban J connectivity index is 1.87. The van der Waals surface area contributed by atoms with Gasteiger partial charge >= 0.3 is 0 Å². The summed E-state index contributed by atoms with van der Waals surface area (Å²) >= 11 is 3.48. The van der Waals surface area contributed by atoms with Crippen LogP contribution >= 0.6 is 15.9 Å². The number of nitrogens with zero attached hydrogens (tertiary/aromatic N) is 2. The molecule has 0 bridgehead atoms. The number of aromatic nitrogens is 1. The molecule has 0 amide bonds. The van der Waals surface area contributed by atoms with Crippen molar-refractivity contribution in [3.8, 4) is 17.7 Å². The largest absolute Gasteiger partial charge is 0.438 e. The maximum atomic E-state index is 8.88. The lowest BCUT2D eigenvalue weighted by atomic mass is 10.1. The number of nitrogens with two attached hydrogens (primary N) is 1. The fourth-order valence-corrected chi connectivity index (χ4v) is 3.22. The molecule has 0 saturated heterocycles. The van der Waals surface area contributed by atoms with Crippen molar-refractivity contribution in [2.75, 3.05) is 11.1 Å². The van der Waals surface area contributed by atoms with Crippen LogP contribution in [0.5, 0.6) is 11.6 Å². The number of benzene rings is 2. The SMILES string of the molecule is Cc1cc(Br)cc(C)c1Oc1ccc(N)c(Nc2ccc(C#N)cc2)n1. The third kappa shape index (κ3) is 3.95. The first-order valence-electron chi connectivity index (χ1n) is 7.94. The van der Waals surface area contributed by atoms with Crippen molar-refractivity contribution in [3.63, 3.8) is 0 Å². The first kappa shape index (κ1) is 17.8. The molecule has 0 atom stereocenters. The normalized spacial score (nSPS) is 10.2. The zero-order valence-corrected chi connectivity index (χ0v) is 16.0. The van der Waals surface area contributed by atoms with Gasteiger partial charge in [-0.15, -0.1) is 0 Å². The quantitative estimate of drug-likeness (QED) is 0.599. The summed E-state index contributed by atoms with van der Waals surface area (Å²) in [5.74, 6) is 1.72. The van der Waals surface area contributed by atoms with E-state index in [1.807, 2.05) is 26.0 Å². The minimum atomic E-state index is 0.448. The van der Waals surface area contributed by atoms with Gasteiger partial charge in [0.2, 0.25) is 5.88 Å². The van der Waals surface area contributed by atoms with Crippen molar-refractivity contribution < 1.29 is 4.74 Å². The molecular weight excluding hydrogens is 392 g/mol. The molecule has 0 aliphatic heterocycles. The average Bonchev–Trinajstić information content (AvgIpc) is 2.61. The zero-order valence-electron chi connectivity index (χ0n) is 14.4. The summed E-state index contributed by atoms with van der Waals surface area (Å²) in [5, 5.41) is 12.0. The maximum Gasteiger partial charge on any atom is 0.221 e. The number of rotatable bonds is 4. The molecule has 0 spiro atoms. The summed E-state index contributed by atoms with van der Waals surface area (Å²) in [6.45, 7) is 3.97. The number of nitrogen functional groups attached to an aromatic ring is 1. The second kappa shape index (κ2) is 7.46. The summed E-state index contributed by atoms with van der Waals surface area (Å²) in [6, 6.07) is 16.6. The van der Waals surface area contributed by atoms with Crippen LogP contribution in [0.25, 0.3) is 0 Å². The van der Waals surface area contributed by atoms with E-state index in [1.165, 1.54) is 0 Å². The summed E-state index contributed by atoms with van der Waals surface area (Å²) in [5.41, 5.74) is 9.94. The smallest absolute Gasteiger partial charge is 0.221 e. The lowest BCUT2D eigenvalue weighted by Gasteiger charge is -2.14. The molecule has 0 radical (unpaired) electrons. The minimum Gasteiger partial charge on any atom is -0.438 e. The van der Waals surface area contributed by atoms with Crippen molar-refractivity contribution in [2.24, 2.45) is 0 Å². The number of pyridine rings is 1. The van der Waals surface area contributed by atoms with Gasteiger partial charge in [-0.3, -0.25) is 0 Å². The van der Waals surface area contributed by atoms with E-state index in [1.54, 1.807) is 36.4 Å². The standard InChI is InChI=1S/C20H17BrN4O/c1-12-9-15(21)10-13(2)19(12)26-18-8-7-17(23)20(25-18)24-16-5-3-14(11-22)4-6-16/h3-10H,23H2,1-2H3,(H,24,25). The number of hydrogen-bond acceptors (Lipinski definition) is 5. The Kier molecular flexibility index (Phi) is 5.10. The van der Waals surface area contributed by atoms with Crippen molar-refractivity contribution in [1.82, 2.24) is 4.98 Å². The number of halogens is 1. The van der Waals surface area contributed by atoms with Crippen molar-refractivity contribution in [2.45, 2.75) is 13.8 Å². The van der Waals surface area contributed by atoms with E-state index in [4.69, 9.17) is 15.7 Å². The van der Waals surface area contributed by atoms with Crippen LogP contribution in [0.3, 0.4) is 0 Å². The van der Waals surface area contributed by atoms with Crippen molar-refractivity contribution in [3.05, 3.63) is 69.7 Å². The van der Waals surface area contributed by atoms with Gasteiger partial charge in [0.15, 0.2) is 5.82 Å². The maximum absolute atomic E-state index is 8.88. The second-order valence-electron chi connectivity index (χ2n) is 5.87. The van der Waals surface area contributed by atoms with E-state index in [9.17, 15) is 0 Å². The Bertz CT molecular complexity index is 971. The van der Waals surface area contributed by atoms with Gasteiger partial charge in [0.1, 0.15) is 5.75 Å². The monoisotopic (exact) mass is 408 g/mol. The van der Waals surface area contributed by atoms with Crippen LogP contribution in [0.15, 0.2) is 53.0 Å². The summed E-state index contributed by atoms with van der Waals surface area (Å²) in [7, 11) is 0. The van der Waals surface area contributed by atoms with Gasteiger partial charge in [0, 0.05) is 16.2 Å². The number of ether oxygens (including phenoxy) is 1. The molecule has 2 aromatic carbocycles. The Morgan fingerprint density at radius 2 is 1.73 bits per heavy atom. The van der Waals surface area contributed by atoms with E-state index in [2.05, 4.69) is 32.3 Å². The van der Waals surface area contributed by atoms with Crippen LogP contribution in [-0.4, -0.2) is 4.98 Å². The van der Waals surface area contributed by atoms with Crippen LogP contribution < -0.4 is 15.8 Å². The van der Waals surface area contributed by atoms with Gasteiger partial charge in [-0.05, 0) is 67.4 Å². The predicted octanol–water partition coefficient (Wildman–Crippen LogP) is 5.45. The van der Waals surface area contributed by atoms with Crippen LogP contribution in [0.1, 0.15) is 16.7 Å². The highest BCUT2D eigenvalue weighted by Gasteiger charge is 2.10. The second-order valence-corrected chi connectivity index (χ2v) is 6.79. The van der Waals surface area contributed by atoms with Gasteiger partial charge in [-0.2, -0.15) is 10.2 Å². The third-order valence-corrected chi connectivity index (χ3v) is 4.27. The van der Waals surface area contributed by atoms with Gasteiger partial charge in [0.05, 0.1) is 17.3 Å². The number of hydrogen-bond donors (Lipinski definition) is 2. The first-order valence-corrected chi connectivity index (χ1v) is 8.74. The average molecular weight is 409 g/mol. The molecular formula is C20H17BrN4O. The lowest BCUT2D eigenvalue weighted by molar-refractivity contribution is 0.457. The van der Waals surface area contributed by atoms with Gasteiger partial charge < -0.3 is 15.8 Å². The fraction of sp³-hybridized carbons (Fsp3) is 0.100. The van der Waals surface area contributed by atoms with E-state index < -0.39 is 0 Å². The van der Waals surface area contributed by atoms with E-state index in [-0.39, 0.29) is 0 Å². The molecule has 1 heterocycles. The third-order valence-electron chi connectivity index (χ3n) is 3.81. The number of nitriles is 1. The minimum absolute atomic E-state index is 0.448. The topological polar surface area (TPSA) is 84.0 Å². The Morgan fingerprint density at radius 1 is 1.08 bits per heavy atom. The molecule has 0 aliphatic rings. The molecule has 5 nitrogen and oxygen atoms in total. The van der Waals surface area contributed by atoms with Crippen LogP contribution in [0.2, 0.25) is 0 Å². The van der Waals surface area contributed by atoms with Gasteiger partial charge in [-0.25, -0.2) is 0 Å². The number of anilines is 3. The predicted molar refractivity (Wildman–Crippen MR) is 107 cm³/mol. The van der Waals surface area contributed by atoms with Crippen molar-refractivity contribution >= 4 is 33.1 Å². The molecule has 0 aliphatic carbocycles. The summed E-state index contributed by atoms with van der Waals surface area (Å²) in [6.07, 6.45) is 0. The Morgan fingerprint density at radius 3 is 2.35 bits per heavy atom. The molecule has 1 aromatic heterocycles. The van der Waals surface area contributed by atoms with Gasteiger partial charge in [-0.1, -0.05) is 15.9 Å². The number of nitrogens with one attached hydrogen (secondary N) is 1. The highest BCUT2D eigenvalue weighted by atomic mass is 79.9. The van der Waals surface area contributed by atoms with E-state index in [0.717, 1.165) is 27.0 Å². The van der Waals surface area contributed by atoms with Crippen LogP contribution in [-0.2, 0) is 0 Å². The summed E-state index contributed by atoms with van der Waals surface area (Å²) < 4.78 is 7.00. The molecule has 0 fully saturated rings. The molecule has 3 aromatic rings. The zero-order chi connectivity index (χ0) is 18.7. The van der Waals surface area contributed by atoms with E-state index >= 15 is 0 Å². The van der Waals surface area contributed by atoms with Gasteiger partial charge in [0.25, 0.3) is 0 Å². The molecule has 26 heavy (non-hydrogen) atoms. The molecule has 130 valence electrons. The highest BCUT2D eigenvalue weighted by Crippen LogP contribution is 2.32. The van der Waals surface area contributed by atoms with Crippen LogP contribution in [0, 0.1) is 25.2 Å². The number of aryl methyl sites for hydroxylation is 2. The fourth-order valence-electron chi connectivity index (χ4n) is 2.54. The molecule has 6 heteroatoms. The lowest BCUT2D eigenvalue weighted by Crippen LogP contribution is -2.01. The Hall–Kier alpha value is -3.04. The molecule has 3 N–H and O–H groups in total. The molecule has 3 rings (SSSR count).